The van der Waals surface area contributed by atoms with E-state index < -0.39 is 5.91 Å². The van der Waals surface area contributed by atoms with Crippen molar-refractivity contribution in [3.63, 3.8) is 0 Å². The van der Waals surface area contributed by atoms with Crippen molar-refractivity contribution in [2.45, 2.75) is 12.8 Å². The fourth-order valence-corrected chi connectivity index (χ4v) is 4.21. The Kier molecular flexibility index (Phi) is 4.18. The summed E-state index contributed by atoms with van der Waals surface area (Å²) >= 11 is 1.44. The molecule has 3 N–H and O–H groups in total. The maximum Gasteiger partial charge on any atom is 0.279 e. The standard InChI is InChI=1S/C20H16N2O3S/c23-15-9-7-13(8-10-15)19(24)21-22-20(25)17-11-14-6-5-12-3-1-2-4-16(12)18(14)26-17/h1-4,7-11,23H,5-6H2,(H,21,24)(H,22,25). The van der Waals surface area contributed by atoms with Crippen molar-refractivity contribution in [1.29, 1.82) is 0 Å². The summed E-state index contributed by atoms with van der Waals surface area (Å²) in [6.45, 7) is 0. The van der Waals surface area contributed by atoms with E-state index in [1.807, 2.05) is 18.2 Å². The molecule has 1 aliphatic carbocycles. The summed E-state index contributed by atoms with van der Waals surface area (Å²) in [6, 6.07) is 15.9. The van der Waals surface area contributed by atoms with Crippen LogP contribution in [0.15, 0.2) is 54.6 Å². The highest BCUT2D eigenvalue weighted by molar-refractivity contribution is 7.17. The van der Waals surface area contributed by atoms with Crippen LogP contribution in [0.5, 0.6) is 5.75 Å². The van der Waals surface area contributed by atoms with Gasteiger partial charge in [-0.1, -0.05) is 24.3 Å². The Labute approximate surface area is 154 Å². The minimum Gasteiger partial charge on any atom is -0.508 e. The third kappa shape index (κ3) is 3.07. The maximum atomic E-state index is 12.4. The molecule has 2 amide bonds. The number of benzene rings is 2. The number of amides is 2. The number of thiophene rings is 1. The SMILES string of the molecule is O=C(NNC(=O)c1cc2c(s1)-c1ccccc1CC2)c1ccc(O)cc1. The number of hydrogen-bond donors (Lipinski definition) is 3. The summed E-state index contributed by atoms with van der Waals surface area (Å²) < 4.78 is 0. The number of carbonyl (C=O) groups is 2. The smallest absolute Gasteiger partial charge is 0.279 e. The average Bonchev–Trinajstić information content (AvgIpc) is 3.11. The summed E-state index contributed by atoms with van der Waals surface area (Å²) in [5, 5.41) is 9.26. The summed E-state index contributed by atoms with van der Waals surface area (Å²) in [4.78, 5) is 26.1. The number of aryl methyl sites for hydroxylation is 2. The second-order valence-electron chi connectivity index (χ2n) is 6.08. The first-order valence-electron chi connectivity index (χ1n) is 8.22. The lowest BCUT2D eigenvalue weighted by atomic mass is 9.91. The van der Waals surface area contributed by atoms with Gasteiger partial charge in [-0.2, -0.15) is 0 Å². The third-order valence-electron chi connectivity index (χ3n) is 4.38. The molecular weight excluding hydrogens is 348 g/mol. The summed E-state index contributed by atoms with van der Waals surface area (Å²) in [7, 11) is 0. The number of phenolic OH excluding ortho intramolecular Hbond substituents is 1. The minimum absolute atomic E-state index is 0.0787. The number of phenols is 1. The van der Waals surface area contributed by atoms with Crippen molar-refractivity contribution in [1.82, 2.24) is 10.9 Å². The summed E-state index contributed by atoms with van der Waals surface area (Å²) in [5.74, 6) is -0.700. The van der Waals surface area contributed by atoms with Crippen LogP contribution in [-0.2, 0) is 12.8 Å². The number of aromatic hydroxyl groups is 1. The van der Waals surface area contributed by atoms with E-state index in [2.05, 4.69) is 23.0 Å². The van der Waals surface area contributed by atoms with Crippen LogP contribution in [0.3, 0.4) is 0 Å². The molecule has 5 nitrogen and oxygen atoms in total. The Morgan fingerprint density at radius 3 is 2.38 bits per heavy atom. The number of hydrazine groups is 1. The van der Waals surface area contributed by atoms with E-state index in [-0.39, 0.29) is 11.7 Å². The molecule has 1 aromatic heterocycles. The third-order valence-corrected chi connectivity index (χ3v) is 5.59. The van der Waals surface area contributed by atoms with Crippen LogP contribution in [0.1, 0.15) is 31.2 Å². The molecule has 2 aromatic carbocycles. The zero-order chi connectivity index (χ0) is 18.1. The highest BCUT2D eigenvalue weighted by Gasteiger charge is 2.21. The van der Waals surface area contributed by atoms with Gasteiger partial charge in [-0.05, 0) is 59.9 Å². The second-order valence-corrected chi connectivity index (χ2v) is 7.13. The van der Waals surface area contributed by atoms with Crippen molar-refractivity contribution in [2.75, 3.05) is 0 Å². The Bertz CT molecular complexity index is 993. The van der Waals surface area contributed by atoms with Gasteiger partial charge in [0.2, 0.25) is 0 Å². The fraction of sp³-hybridized carbons (Fsp3) is 0.100. The van der Waals surface area contributed by atoms with Gasteiger partial charge in [0.1, 0.15) is 5.75 Å². The Hall–Kier alpha value is -3.12. The zero-order valence-corrected chi connectivity index (χ0v) is 14.6. The normalized spacial score (nSPS) is 12.0. The highest BCUT2D eigenvalue weighted by atomic mass is 32.1. The first kappa shape index (κ1) is 16.4. The molecule has 0 bridgehead atoms. The number of fused-ring (bicyclic) bond motifs is 3. The van der Waals surface area contributed by atoms with Gasteiger partial charge in [0.25, 0.3) is 11.8 Å². The molecule has 26 heavy (non-hydrogen) atoms. The van der Waals surface area contributed by atoms with Crippen LogP contribution in [-0.4, -0.2) is 16.9 Å². The number of rotatable bonds is 2. The van der Waals surface area contributed by atoms with Gasteiger partial charge in [-0.15, -0.1) is 11.3 Å². The summed E-state index contributed by atoms with van der Waals surface area (Å²) in [6.07, 6.45) is 1.88. The van der Waals surface area contributed by atoms with Gasteiger partial charge in [-0.25, -0.2) is 0 Å². The molecule has 0 fully saturated rings. The number of hydrogen-bond acceptors (Lipinski definition) is 4. The Balaban J connectivity index is 1.47. The fourth-order valence-electron chi connectivity index (χ4n) is 3.04. The lowest BCUT2D eigenvalue weighted by Gasteiger charge is -2.15. The molecule has 0 aliphatic heterocycles. The van der Waals surface area contributed by atoms with Gasteiger partial charge in [0.05, 0.1) is 4.88 Å². The van der Waals surface area contributed by atoms with Crippen LogP contribution in [0.4, 0.5) is 0 Å². The van der Waals surface area contributed by atoms with Crippen LogP contribution in [0.25, 0.3) is 10.4 Å². The van der Waals surface area contributed by atoms with E-state index in [1.54, 1.807) is 0 Å². The van der Waals surface area contributed by atoms with Crippen LogP contribution < -0.4 is 10.9 Å². The lowest BCUT2D eigenvalue weighted by Crippen LogP contribution is -2.41. The molecule has 3 aromatic rings. The van der Waals surface area contributed by atoms with Crippen LogP contribution in [0, 0.1) is 0 Å². The zero-order valence-electron chi connectivity index (χ0n) is 13.8. The molecule has 4 rings (SSSR count). The molecule has 130 valence electrons. The van der Waals surface area contributed by atoms with E-state index in [0.717, 1.165) is 17.7 Å². The van der Waals surface area contributed by atoms with Crippen LogP contribution in [0.2, 0.25) is 0 Å². The van der Waals surface area contributed by atoms with Gasteiger partial charge in [0, 0.05) is 10.4 Å². The van der Waals surface area contributed by atoms with Gasteiger partial charge < -0.3 is 5.11 Å². The highest BCUT2D eigenvalue weighted by Crippen LogP contribution is 2.39. The molecule has 0 saturated carbocycles. The predicted octanol–water partition coefficient (Wildman–Crippen LogP) is 3.29. The van der Waals surface area contributed by atoms with Gasteiger partial charge >= 0.3 is 0 Å². The van der Waals surface area contributed by atoms with Crippen molar-refractivity contribution in [3.8, 4) is 16.2 Å². The minimum atomic E-state index is -0.440. The van der Waals surface area contributed by atoms with Crippen molar-refractivity contribution >= 4 is 23.2 Å². The number of carbonyl (C=O) groups excluding carboxylic acids is 2. The van der Waals surface area contributed by atoms with E-state index >= 15 is 0 Å². The quantitative estimate of drug-likeness (QED) is 0.611. The molecule has 6 heteroatoms. The predicted molar refractivity (Wildman–Crippen MR) is 100 cm³/mol. The van der Waals surface area contributed by atoms with E-state index in [4.69, 9.17) is 0 Å². The van der Waals surface area contributed by atoms with Crippen molar-refractivity contribution < 1.29 is 14.7 Å². The molecule has 1 heterocycles. The molecular formula is C20H16N2O3S. The maximum absolute atomic E-state index is 12.4. The first-order valence-corrected chi connectivity index (χ1v) is 9.04. The number of nitrogens with one attached hydrogen (secondary N) is 2. The first-order chi connectivity index (χ1) is 12.6. The monoisotopic (exact) mass is 364 g/mol. The molecule has 1 aliphatic rings. The van der Waals surface area contributed by atoms with Gasteiger partial charge in [-0.3, -0.25) is 20.4 Å². The summed E-state index contributed by atoms with van der Waals surface area (Å²) in [5.41, 5.74) is 8.86. The largest absolute Gasteiger partial charge is 0.508 e. The molecule has 0 radical (unpaired) electrons. The average molecular weight is 364 g/mol. The Morgan fingerprint density at radius 2 is 1.58 bits per heavy atom. The van der Waals surface area contributed by atoms with E-state index in [9.17, 15) is 14.7 Å². The van der Waals surface area contributed by atoms with Gasteiger partial charge in [0.15, 0.2) is 0 Å². The van der Waals surface area contributed by atoms with E-state index in [1.165, 1.54) is 52.3 Å². The topological polar surface area (TPSA) is 78.4 Å². The molecule has 0 saturated heterocycles. The molecule has 0 atom stereocenters. The Morgan fingerprint density at radius 1 is 0.885 bits per heavy atom. The molecule has 0 spiro atoms. The molecule has 0 unspecified atom stereocenters. The lowest BCUT2D eigenvalue weighted by molar-refractivity contribution is 0.0849. The van der Waals surface area contributed by atoms with E-state index in [0.29, 0.717) is 10.4 Å². The van der Waals surface area contributed by atoms with Crippen molar-refractivity contribution in [3.05, 3.63) is 76.2 Å². The van der Waals surface area contributed by atoms with Crippen LogP contribution >= 0.6 is 11.3 Å². The van der Waals surface area contributed by atoms with Crippen molar-refractivity contribution in [2.24, 2.45) is 0 Å². The second kappa shape index (κ2) is 6.65.